The minimum atomic E-state index is -1.68. The van der Waals surface area contributed by atoms with E-state index in [2.05, 4.69) is 26.0 Å². The van der Waals surface area contributed by atoms with Crippen molar-refractivity contribution in [1.29, 1.82) is 0 Å². The second-order valence-corrected chi connectivity index (χ2v) is 9.42. The van der Waals surface area contributed by atoms with Gasteiger partial charge in [-0.1, -0.05) is 108 Å². The highest BCUT2D eigenvalue weighted by Gasteiger charge is 2.37. The van der Waals surface area contributed by atoms with Gasteiger partial charge in [0, 0.05) is 12.4 Å². The molecule has 1 rings (SSSR count). The first-order valence-corrected chi connectivity index (χ1v) is 13.6. The molecule has 0 aliphatic rings. The molecule has 0 saturated heterocycles. The van der Waals surface area contributed by atoms with Crippen LogP contribution in [0.2, 0.25) is 0 Å². The van der Waals surface area contributed by atoms with Crippen molar-refractivity contribution < 1.29 is 19.7 Å². The van der Waals surface area contributed by atoms with E-state index in [1.165, 1.54) is 56.9 Å². The highest BCUT2D eigenvalue weighted by molar-refractivity contribution is 7.98. The molecule has 0 spiro atoms. The first kappa shape index (κ1) is 28.4. The smallest absolute Gasteiger partial charge is 0.227 e. The van der Waals surface area contributed by atoms with Crippen molar-refractivity contribution in [2.75, 3.05) is 19.0 Å². The summed E-state index contributed by atoms with van der Waals surface area (Å²) in [6.07, 6.45) is 12.5. The zero-order valence-electron chi connectivity index (χ0n) is 19.9. The third-order valence-electron chi connectivity index (χ3n) is 5.43. The van der Waals surface area contributed by atoms with Gasteiger partial charge in [-0.05, 0) is 18.4 Å². The summed E-state index contributed by atoms with van der Waals surface area (Å²) >= 11 is 1.55. The Kier molecular flexibility index (Phi) is 17.4. The molecular weight excluding hydrogens is 408 g/mol. The topological polar surface area (TPSA) is 58.9 Å². The molecule has 0 aliphatic heterocycles. The Morgan fingerprint density at radius 3 is 1.97 bits per heavy atom. The summed E-state index contributed by atoms with van der Waals surface area (Å²) in [5.41, 5.74) is 1.19. The molecule has 0 amide bonds. The van der Waals surface area contributed by atoms with Crippen molar-refractivity contribution in [1.82, 2.24) is 0 Å². The fourth-order valence-electron chi connectivity index (χ4n) is 3.41. The number of benzene rings is 1. The van der Waals surface area contributed by atoms with Crippen LogP contribution in [0.25, 0.3) is 0 Å². The molecule has 0 bridgehead atoms. The van der Waals surface area contributed by atoms with Crippen molar-refractivity contribution in [2.24, 2.45) is 0 Å². The molecule has 2 atom stereocenters. The average Bonchev–Trinajstić information content (AvgIpc) is 2.78. The number of aliphatic hydroxyl groups excluding tert-OH is 1. The monoisotopic (exact) mass is 454 g/mol. The van der Waals surface area contributed by atoms with E-state index in [-0.39, 0.29) is 5.75 Å². The van der Waals surface area contributed by atoms with Crippen LogP contribution in [0.15, 0.2) is 30.3 Å². The van der Waals surface area contributed by atoms with Crippen LogP contribution in [-0.2, 0) is 15.2 Å². The minimum absolute atomic E-state index is 0.273. The molecule has 1 aromatic rings. The molecule has 31 heavy (non-hydrogen) atoms. The summed E-state index contributed by atoms with van der Waals surface area (Å²) in [6.45, 7) is 5.30. The van der Waals surface area contributed by atoms with Gasteiger partial charge >= 0.3 is 0 Å². The molecule has 180 valence electrons. The van der Waals surface area contributed by atoms with Gasteiger partial charge in [-0.3, -0.25) is 0 Å². The molecule has 0 fully saturated rings. The van der Waals surface area contributed by atoms with Gasteiger partial charge in [0.05, 0.1) is 12.4 Å². The van der Waals surface area contributed by atoms with Gasteiger partial charge in [-0.25, -0.2) is 0 Å². The Morgan fingerprint density at radius 1 is 0.806 bits per heavy atom. The second-order valence-electron chi connectivity index (χ2n) is 8.43. The van der Waals surface area contributed by atoms with Crippen molar-refractivity contribution in [3.8, 4) is 0 Å². The number of rotatable bonds is 21. The second kappa shape index (κ2) is 18.9. The van der Waals surface area contributed by atoms with E-state index >= 15 is 0 Å². The van der Waals surface area contributed by atoms with Crippen LogP contribution in [0.4, 0.5) is 0 Å². The van der Waals surface area contributed by atoms with Crippen LogP contribution in [0.1, 0.15) is 96.5 Å². The van der Waals surface area contributed by atoms with Crippen LogP contribution in [0.3, 0.4) is 0 Å². The molecule has 1 aromatic carbocycles. The number of hydrogen-bond acceptors (Lipinski definition) is 5. The number of hydrogen-bond donors (Lipinski definition) is 2. The quantitative estimate of drug-likeness (QED) is 0.160. The van der Waals surface area contributed by atoms with Crippen LogP contribution in [0, 0.1) is 0 Å². The molecule has 0 heterocycles. The molecule has 0 aliphatic carbocycles. The highest BCUT2D eigenvalue weighted by atomic mass is 32.2. The average molecular weight is 455 g/mol. The fraction of sp³-hybridized carbons (Fsp3) is 0.769. The third-order valence-corrected chi connectivity index (χ3v) is 6.59. The summed E-state index contributed by atoms with van der Waals surface area (Å²) < 4.78 is 11.4. The molecule has 0 saturated carbocycles. The van der Waals surface area contributed by atoms with Crippen LogP contribution < -0.4 is 0 Å². The van der Waals surface area contributed by atoms with E-state index in [0.29, 0.717) is 13.2 Å². The zero-order valence-corrected chi connectivity index (χ0v) is 20.7. The molecule has 0 radical (unpaired) electrons. The number of ether oxygens (including phenoxy) is 2. The highest BCUT2D eigenvalue weighted by Crippen LogP contribution is 2.24. The first-order chi connectivity index (χ1) is 15.1. The van der Waals surface area contributed by atoms with Gasteiger partial charge < -0.3 is 19.7 Å². The number of thioether (sulfide) groups is 1. The number of aliphatic hydroxyl groups is 2. The fourth-order valence-corrected chi connectivity index (χ4v) is 4.46. The van der Waals surface area contributed by atoms with Crippen molar-refractivity contribution >= 4 is 11.8 Å². The Hall–Kier alpha value is -0.590. The lowest BCUT2D eigenvalue weighted by Crippen LogP contribution is -2.49. The van der Waals surface area contributed by atoms with Gasteiger partial charge in [0.1, 0.15) is 0 Å². The van der Waals surface area contributed by atoms with Gasteiger partial charge in [0.2, 0.25) is 12.1 Å². The van der Waals surface area contributed by atoms with Gasteiger partial charge in [0.25, 0.3) is 0 Å². The van der Waals surface area contributed by atoms with E-state index in [1.807, 2.05) is 18.2 Å². The summed E-state index contributed by atoms with van der Waals surface area (Å²) in [5, 5.41) is 21.6. The van der Waals surface area contributed by atoms with Crippen LogP contribution in [-0.4, -0.2) is 41.3 Å². The van der Waals surface area contributed by atoms with Crippen LogP contribution >= 0.6 is 11.8 Å². The van der Waals surface area contributed by atoms with Crippen molar-refractivity contribution in [3.05, 3.63) is 35.9 Å². The van der Waals surface area contributed by atoms with Crippen molar-refractivity contribution in [2.45, 2.75) is 109 Å². The van der Waals surface area contributed by atoms with E-state index in [9.17, 15) is 10.2 Å². The maximum Gasteiger partial charge on any atom is 0.227 e. The molecular formula is C26H46O4S. The van der Waals surface area contributed by atoms with E-state index in [1.54, 1.807) is 11.8 Å². The Balaban J connectivity index is 2.41. The Labute approximate surface area is 195 Å². The lowest BCUT2D eigenvalue weighted by atomic mass is 10.1. The molecule has 4 nitrogen and oxygen atoms in total. The molecule has 5 heteroatoms. The van der Waals surface area contributed by atoms with Crippen LogP contribution in [0.5, 0.6) is 0 Å². The summed E-state index contributed by atoms with van der Waals surface area (Å²) in [5.74, 6) is -0.645. The lowest BCUT2D eigenvalue weighted by molar-refractivity contribution is -0.312. The minimum Gasteiger partial charge on any atom is -0.364 e. The SMILES string of the molecule is CCCCCCCCOC(O)C(O)(CSCc1ccccc1)OCCCCCCCC. The molecule has 0 aromatic heterocycles. The third kappa shape index (κ3) is 14.2. The Bertz CT molecular complexity index is 513. The lowest BCUT2D eigenvalue weighted by Gasteiger charge is -2.32. The van der Waals surface area contributed by atoms with E-state index in [0.717, 1.165) is 31.4 Å². The standard InChI is InChI=1S/C26H46O4S/c1-3-5-7-9-11-16-20-29-25(27)26(28,30-21-17-12-10-8-6-4-2)23-31-22-24-18-14-13-15-19-24/h13-15,18-19,25,27-28H,3-12,16-17,20-23H2,1-2H3. The van der Waals surface area contributed by atoms with Gasteiger partial charge in [-0.2, -0.15) is 11.8 Å². The normalized spacial score (nSPS) is 14.5. The van der Waals surface area contributed by atoms with Crippen molar-refractivity contribution in [3.63, 3.8) is 0 Å². The first-order valence-electron chi connectivity index (χ1n) is 12.4. The largest absolute Gasteiger partial charge is 0.364 e. The molecule has 2 N–H and O–H groups in total. The zero-order chi connectivity index (χ0) is 22.6. The summed E-state index contributed by atoms with van der Waals surface area (Å²) in [7, 11) is 0. The van der Waals surface area contributed by atoms with E-state index in [4.69, 9.17) is 9.47 Å². The van der Waals surface area contributed by atoms with Gasteiger partial charge in [0.15, 0.2) is 0 Å². The maximum absolute atomic E-state index is 11.1. The summed E-state index contributed by atoms with van der Waals surface area (Å²) in [6, 6.07) is 10.1. The summed E-state index contributed by atoms with van der Waals surface area (Å²) in [4.78, 5) is 0. The predicted molar refractivity (Wildman–Crippen MR) is 132 cm³/mol. The number of unbranched alkanes of at least 4 members (excludes halogenated alkanes) is 10. The Morgan fingerprint density at radius 2 is 1.35 bits per heavy atom. The molecule has 2 unspecified atom stereocenters. The van der Waals surface area contributed by atoms with E-state index < -0.39 is 12.1 Å². The van der Waals surface area contributed by atoms with Gasteiger partial charge in [-0.15, -0.1) is 0 Å². The maximum atomic E-state index is 11.1. The predicted octanol–water partition coefficient (Wildman–Crippen LogP) is 6.68.